The lowest BCUT2D eigenvalue weighted by atomic mass is 10.5. The zero-order chi connectivity index (χ0) is 14.0. The van der Waals surface area contributed by atoms with E-state index in [4.69, 9.17) is 16.0 Å². The Balaban J connectivity index is 2.21. The van der Waals surface area contributed by atoms with E-state index < -0.39 is 10.0 Å². The summed E-state index contributed by atoms with van der Waals surface area (Å²) in [6.07, 6.45) is 0.456. The summed E-state index contributed by atoms with van der Waals surface area (Å²) in [5.74, 6) is -0.0221. The van der Waals surface area contributed by atoms with Crippen molar-refractivity contribution < 1.29 is 17.6 Å². The molecule has 0 radical (unpaired) electrons. The Labute approximate surface area is 119 Å². The number of carbonyl (C=O) groups is 1. The highest BCUT2D eigenvalue weighted by Crippen LogP contribution is 2.25. The molecule has 2 aromatic heterocycles. The van der Waals surface area contributed by atoms with Gasteiger partial charge >= 0.3 is 0 Å². The molecule has 0 aromatic carbocycles. The summed E-state index contributed by atoms with van der Waals surface area (Å²) in [7, 11) is -2.31. The minimum absolute atomic E-state index is 0.0221. The third kappa shape index (κ3) is 3.06. The van der Waals surface area contributed by atoms with E-state index in [1.807, 2.05) is 0 Å². The van der Waals surface area contributed by atoms with Gasteiger partial charge in [-0.15, -0.1) is 11.3 Å². The van der Waals surface area contributed by atoms with E-state index in [0.29, 0.717) is 10.6 Å². The van der Waals surface area contributed by atoms with Gasteiger partial charge in [0.2, 0.25) is 5.09 Å². The number of furan rings is 1. The first-order valence-corrected chi connectivity index (χ1v) is 7.82. The maximum absolute atomic E-state index is 12.2. The number of hydrogen-bond acceptors (Lipinski definition) is 5. The normalized spacial score (nSPS) is 11.9. The monoisotopic (exact) mass is 319 g/mol. The van der Waals surface area contributed by atoms with Crippen molar-refractivity contribution in [3.63, 3.8) is 0 Å². The molecule has 0 N–H and O–H groups in total. The molecule has 2 rings (SSSR count). The second-order valence-electron chi connectivity index (χ2n) is 3.74. The number of halogens is 1. The van der Waals surface area contributed by atoms with Gasteiger partial charge in [0.15, 0.2) is 12.0 Å². The number of rotatable bonds is 5. The average molecular weight is 320 g/mol. The van der Waals surface area contributed by atoms with Gasteiger partial charge in [-0.05, 0) is 24.3 Å². The molecule has 0 saturated carbocycles. The van der Waals surface area contributed by atoms with Gasteiger partial charge in [0.1, 0.15) is 0 Å². The van der Waals surface area contributed by atoms with Gasteiger partial charge in [0.05, 0.1) is 4.34 Å². The molecule has 0 aliphatic carbocycles. The molecule has 0 saturated heterocycles. The molecule has 2 aromatic rings. The van der Waals surface area contributed by atoms with Gasteiger partial charge in [-0.2, -0.15) is 4.31 Å². The van der Waals surface area contributed by atoms with E-state index in [9.17, 15) is 13.2 Å². The summed E-state index contributed by atoms with van der Waals surface area (Å²) >= 11 is 7.10. The SMILES string of the molecule is CN(Cc1ccc(Cl)s1)S(=O)(=O)c1ccc(C=O)o1. The van der Waals surface area contributed by atoms with Crippen molar-refractivity contribution in [3.05, 3.63) is 39.2 Å². The lowest BCUT2D eigenvalue weighted by molar-refractivity contribution is 0.109. The topological polar surface area (TPSA) is 67.6 Å². The molecular weight excluding hydrogens is 310 g/mol. The highest BCUT2D eigenvalue weighted by atomic mass is 35.5. The lowest BCUT2D eigenvalue weighted by Gasteiger charge is -2.14. The summed E-state index contributed by atoms with van der Waals surface area (Å²) < 4.78 is 31.0. The highest BCUT2D eigenvalue weighted by molar-refractivity contribution is 7.88. The predicted octanol–water partition coefficient (Wildman–Crippen LogP) is 2.63. The largest absolute Gasteiger partial charge is 0.440 e. The van der Waals surface area contributed by atoms with Gasteiger partial charge in [0.25, 0.3) is 10.0 Å². The molecular formula is C11H10ClNO4S2. The number of nitrogens with zero attached hydrogens (tertiary/aromatic N) is 1. The molecule has 19 heavy (non-hydrogen) atoms. The zero-order valence-electron chi connectivity index (χ0n) is 9.87. The number of sulfonamides is 1. The number of carbonyl (C=O) groups excluding carboxylic acids is 1. The van der Waals surface area contributed by atoms with Crippen LogP contribution in [-0.2, 0) is 16.6 Å². The standard InChI is InChI=1S/C11H10ClNO4S2/c1-13(6-9-3-4-10(12)18-9)19(15,16)11-5-2-8(7-14)17-11/h2-5,7H,6H2,1H3. The summed E-state index contributed by atoms with van der Waals surface area (Å²) in [6.45, 7) is 0.191. The predicted molar refractivity (Wildman–Crippen MR) is 72.1 cm³/mol. The lowest BCUT2D eigenvalue weighted by Crippen LogP contribution is -2.25. The van der Waals surface area contributed by atoms with Crippen molar-refractivity contribution in [1.29, 1.82) is 0 Å². The van der Waals surface area contributed by atoms with Crippen LogP contribution in [0.2, 0.25) is 4.34 Å². The van der Waals surface area contributed by atoms with Crippen LogP contribution in [0.3, 0.4) is 0 Å². The summed E-state index contributed by atoms with van der Waals surface area (Å²) in [6, 6.07) is 6.05. The molecule has 0 atom stereocenters. The highest BCUT2D eigenvalue weighted by Gasteiger charge is 2.25. The molecule has 8 heteroatoms. The molecule has 0 unspecified atom stereocenters. The van der Waals surface area contributed by atoms with Crippen LogP contribution in [0, 0.1) is 0 Å². The molecule has 2 heterocycles. The first-order valence-electron chi connectivity index (χ1n) is 5.19. The van der Waals surface area contributed by atoms with E-state index in [0.717, 1.165) is 9.18 Å². The van der Waals surface area contributed by atoms with Crippen molar-refractivity contribution in [2.45, 2.75) is 11.6 Å². The Hall–Kier alpha value is -1.15. The quantitative estimate of drug-likeness (QED) is 0.794. The molecule has 0 spiro atoms. The second kappa shape index (κ2) is 5.46. The van der Waals surface area contributed by atoms with Gasteiger partial charge in [-0.1, -0.05) is 11.6 Å². The summed E-state index contributed by atoms with van der Waals surface area (Å²) in [4.78, 5) is 11.3. The Morgan fingerprint density at radius 3 is 2.63 bits per heavy atom. The molecule has 5 nitrogen and oxygen atoms in total. The maximum atomic E-state index is 12.2. The van der Waals surface area contributed by atoms with Crippen LogP contribution in [-0.4, -0.2) is 26.1 Å². The third-order valence-electron chi connectivity index (χ3n) is 2.39. The molecule has 0 aliphatic rings. The molecule has 0 amide bonds. The van der Waals surface area contributed by atoms with Gasteiger partial charge in [-0.3, -0.25) is 4.79 Å². The Morgan fingerprint density at radius 1 is 1.37 bits per heavy atom. The Morgan fingerprint density at radius 2 is 2.11 bits per heavy atom. The van der Waals surface area contributed by atoms with Crippen molar-refractivity contribution in [2.24, 2.45) is 0 Å². The average Bonchev–Trinajstić information content (AvgIpc) is 2.98. The minimum Gasteiger partial charge on any atom is -0.440 e. The number of aldehydes is 1. The van der Waals surface area contributed by atoms with E-state index in [-0.39, 0.29) is 17.4 Å². The zero-order valence-corrected chi connectivity index (χ0v) is 12.3. The van der Waals surface area contributed by atoms with E-state index in [2.05, 4.69) is 0 Å². The minimum atomic E-state index is -3.75. The van der Waals surface area contributed by atoms with Crippen LogP contribution in [0.4, 0.5) is 0 Å². The first-order chi connectivity index (χ1) is 8.93. The van der Waals surface area contributed by atoms with Crippen molar-refractivity contribution >= 4 is 39.2 Å². The fourth-order valence-corrected chi connectivity index (χ4v) is 3.71. The Kier molecular flexibility index (Phi) is 4.10. The molecule has 102 valence electrons. The molecule has 0 bridgehead atoms. The molecule has 0 fully saturated rings. The van der Waals surface area contributed by atoms with Crippen LogP contribution < -0.4 is 0 Å². The maximum Gasteiger partial charge on any atom is 0.276 e. The number of hydrogen-bond donors (Lipinski definition) is 0. The fourth-order valence-electron chi connectivity index (χ4n) is 1.43. The fraction of sp³-hybridized carbons (Fsp3) is 0.182. The van der Waals surface area contributed by atoms with Gasteiger partial charge in [0, 0.05) is 18.5 Å². The third-order valence-corrected chi connectivity index (χ3v) is 5.28. The van der Waals surface area contributed by atoms with Crippen LogP contribution >= 0.6 is 22.9 Å². The van der Waals surface area contributed by atoms with E-state index in [1.165, 1.54) is 30.5 Å². The van der Waals surface area contributed by atoms with Crippen LogP contribution in [0.5, 0.6) is 0 Å². The van der Waals surface area contributed by atoms with E-state index in [1.54, 1.807) is 12.1 Å². The number of thiophene rings is 1. The van der Waals surface area contributed by atoms with Crippen molar-refractivity contribution in [2.75, 3.05) is 7.05 Å². The first kappa shape index (κ1) is 14.3. The van der Waals surface area contributed by atoms with Crippen molar-refractivity contribution in [1.82, 2.24) is 4.31 Å². The van der Waals surface area contributed by atoms with Crippen LogP contribution in [0.25, 0.3) is 0 Å². The van der Waals surface area contributed by atoms with Crippen molar-refractivity contribution in [3.8, 4) is 0 Å². The smallest absolute Gasteiger partial charge is 0.276 e. The molecule has 0 aliphatic heterocycles. The van der Waals surface area contributed by atoms with Crippen LogP contribution in [0.15, 0.2) is 33.8 Å². The van der Waals surface area contributed by atoms with E-state index >= 15 is 0 Å². The van der Waals surface area contributed by atoms with Gasteiger partial charge < -0.3 is 4.42 Å². The van der Waals surface area contributed by atoms with Crippen LogP contribution in [0.1, 0.15) is 15.4 Å². The summed E-state index contributed by atoms with van der Waals surface area (Å²) in [5, 5.41) is -0.250. The Bertz CT molecular complexity index is 689. The summed E-state index contributed by atoms with van der Waals surface area (Å²) in [5.41, 5.74) is 0. The second-order valence-corrected chi connectivity index (χ2v) is 7.52. The van der Waals surface area contributed by atoms with Gasteiger partial charge in [-0.25, -0.2) is 8.42 Å².